The minimum absolute atomic E-state index is 1.11. The van der Waals surface area contributed by atoms with Crippen molar-refractivity contribution in [1.29, 1.82) is 0 Å². The number of azide groups is 1. The number of nitrogens with one attached hydrogen (secondary N) is 1. The molecule has 0 amide bonds. The van der Waals surface area contributed by atoms with Crippen LogP contribution >= 0.6 is 0 Å². The van der Waals surface area contributed by atoms with Crippen LogP contribution in [0, 0.1) is 0 Å². The Bertz CT molecular complexity index is 195. The van der Waals surface area contributed by atoms with Crippen LogP contribution in [-0.4, -0.2) is 13.0 Å². The van der Waals surface area contributed by atoms with Crippen molar-refractivity contribution in [2.75, 3.05) is 0 Å². The van der Waals surface area contributed by atoms with Gasteiger partial charge in [-0.15, -0.1) is 10.4 Å². The topological polar surface area (TPSA) is 115 Å². The highest BCUT2D eigenvalue weighted by Gasteiger charge is 2.00. The Kier molecular flexibility index (Phi) is 2.07. The van der Waals surface area contributed by atoms with Crippen LogP contribution in [0.1, 0.15) is 0 Å². The van der Waals surface area contributed by atoms with Gasteiger partial charge in [0.15, 0.2) is 0 Å². The van der Waals surface area contributed by atoms with Gasteiger partial charge in [-0.1, -0.05) is 0 Å². The van der Waals surface area contributed by atoms with Gasteiger partial charge < -0.3 is 0 Å². The molecule has 0 unspecified atom stereocenters. The molecule has 0 aromatic carbocycles. The molecular formula is H2N4O3S. The molecule has 8 heavy (non-hydrogen) atoms. The van der Waals surface area contributed by atoms with E-state index in [-0.39, 0.29) is 0 Å². The zero-order chi connectivity index (χ0) is 6.62. The minimum Gasteiger partial charge on any atom is -0.252 e. The van der Waals surface area contributed by atoms with Crippen molar-refractivity contribution in [3.63, 3.8) is 0 Å². The zero-order valence-electron chi connectivity index (χ0n) is 3.51. The van der Waals surface area contributed by atoms with Crippen molar-refractivity contribution < 1.29 is 13.0 Å². The van der Waals surface area contributed by atoms with Crippen molar-refractivity contribution in [2.24, 2.45) is 5.22 Å². The first kappa shape index (κ1) is 7.02. The highest BCUT2D eigenvalue weighted by Crippen LogP contribution is 1.70. The lowest BCUT2D eigenvalue weighted by molar-refractivity contribution is 0.469. The molecule has 7 nitrogen and oxygen atoms in total. The molecule has 0 rings (SSSR count). The first-order chi connectivity index (χ1) is 3.56. The van der Waals surface area contributed by atoms with E-state index < -0.39 is 10.3 Å². The Morgan fingerprint density at radius 3 is 2.38 bits per heavy atom. The van der Waals surface area contributed by atoms with E-state index in [2.05, 4.69) is 5.22 Å². The molecule has 0 aliphatic carbocycles. The molecule has 0 heterocycles. The monoisotopic (exact) mass is 138 g/mol. The number of hydrogen-bond donors (Lipinski definition) is 2. The Hall–Kier alpha value is -0.980. The number of nitrogens with zero attached hydrogens (tertiary/aromatic N) is 3. The lowest BCUT2D eigenvalue weighted by Gasteiger charge is -1.81. The molecule has 2 N–H and O–H groups in total. The molecule has 0 aliphatic rings. The van der Waals surface area contributed by atoms with Crippen LogP contribution < -0.4 is 4.83 Å². The summed E-state index contributed by atoms with van der Waals surface area (Å²) in [5.74, 6) is 0. The molecule has 0 radical (unpaired) electrons. The number of hydrogen-bond acceptors (Lipinski definition) is 3. The average molecular weight is 138 g/mol. The van der Waals surface area contributed by atoms with Gasteiger partial charge in [0, 0.05) is 0 Å². The van der Waals surface area contributed by atoms with Crippen LogP contribution in [-0.2, 0) is 10.3 Å². The van der Waals surface area contributed by atoms with E-state index in [1.165, 1.54) is 0 Å². The second kappa shape index (κ2) is 2.36. The normalized spacial score (nSPS) is 9.62. The molecular weight excluding hydrogens is 136 g/mol. The Morgan fingerprint density at radius 1 is 1.75 bits per heavy atom. The second-order valence-electron chi connectivity index (χ2n) is 0.756. The second-order valence-corrected chi connectivity index (χ2v) is 1.89. The highest BCUT2D eigenvalue weighted by molar-refractivity contribution is 7.83. The molecule has 0 aromatic rings. The first-order valence-corrected chi connectivity index (χ1v) is 2.78. The summed E-state index contributed by atoms with van der Waals surface area (Å²) in [5, 5.41) is 2.34. The van der Waals surface area contributed by atoms with Gasteiger partial charge >= 0.3 is 10.3 Å². The fourth-order valence-electron chi connectivity index (χ4n) is 0.0698. The maximum Gasteiger partial charge on any atom is 0.435 e. The lowest BCUT2D eigenvalue weighted by Crippen LogP contribution is -2.14. The number of rotatable bonds is 2. The van der Waals surface area contributed by atoms with Crippen LogP contribution in [0.25, 0.3) is 10.4 Å². The quantitative estimate of drug-likeness (QED) is 0.178. The van der Waals surface area contributed by atoms with Crippen LogP contribution in [0.3, 0.4) is 0 Å². The van der Waals surface area contributed by atoms with Gasteiger partial charge in [0.25, 0.3) is 0 Å². The molecule has 0 fully saturated rings. The summed E-state index contributed by atoms with van der Waals surface area (Å²) >= 11 is 0. The fourth-order valence-corrected chi connectivity index (χ4v) is 0.210. The maximum absolute atomic E-state index is 9.57. The predicted molar refractivity (Wildman–Crippen MR) is 23.8 cm³/mol. The summed E-state index contributed by atoms with van der Waals surface area (Å²) in [5.41, 5.74) is 7.45. The first-order valence-electron chi connectivity index (χ1n) is 1.34. The molecule has 46 valence electrons. The van der Waals surface area contributed by atoms with Gasteiger partial charge in [-0.25, -0.2) is 0 Å². The zero-order valence-corrected chi connectivity index (χ0v) is 4.33. The molecule has 0 saturated heterocycles. The highest BCUT2D eigenvalue weighted by atomic mass is 32.2. The SMILES string of the molecule is [N-]=[N+]=NNS(=O)(=O)O. The summed E-state index contributed by atoms with van der Waals surface area (Å²) in [6.45, 7) is 0. The van der Waals surface area contributed by atoms with Crippen molar-refractivity contribution in [1.82, 2.24) is 4.83 Å². The van der Waals surface area contributed by atoms with E-state index in [1.54, 1.807) is 0 Å². The van der Waals surface area contributed by atoms with Gasteiger partial charge in [0.05, 0.1) is 0 Å². The Morgan fingerprint density at radius 2 is 2.25 bits per heavy atom. The van der Waals surface area contributed by atoms with Gasteiger partial charge in [-0.05, 0) is 5.22 Å². The third kappa shape index (κ3) is 5.02. The maximum atomic E-state index is 9.57. The van der Waals surface area contributed by atoms with Gasteiger partial charge in [0.1, 0.15) is 0 Å². The van der Waals surface area contributed by atoms with Gasteiger partial charge in [-0.3, -0.25) is 4.55 Å². The Balaban J connectivity index is 3.94. The largest absolute Gasteiger partial charge is 0.435 e. The average Bonchev–Trinajstić information content (AvgIpc) is 1.59. The minimum atomic E-state index is -4.36. The van der Waals surface area contributed by atoms with Crippen LogP contribution in [0.5, 0.6) is 0 Å². The molecule has 0 spiro atoms. The van der Waals surface area contributed by atoms with Crippen molar-refractivity contribution in [3.8, 4) is 0 Å². The molecule has 0 aliphatic heterocycles. The summed E-state index contributed by atoms with van der Waals surface area (Å²) in [4.78, 5) is 3.10. The van der Waals surface area contributed by atoms with Gasteiger partial charge in [-0.2, -0.15) is 13.3 Å². The fraction of sp³-hybridized carbons (Fsp3) is 0. The van der Waals surface area contributed by atoms with Crippen LogP contribution in [0.15, 0.2) is 5.22 Å². The van der Waals surface area contributed by atoms with E-state index in [0.717, 1.165) is 4.83 Å². The lowest BCUT2D eigenvalue weighted by atomic mass is 12.7. The van der Waals surface area contributed by atoms with E-state index in [1.807, 2.05) is 4.91 Å². The van der Waals surface area contributed by atoms with E-state index in [0.29, 0.717) is 0 Å². The van der Waals surface area contributed by atoms with E-state index >= 15 is 0 Å². The van der Waals surface area contributed by atoms with Crippen molar-refractivity contribution >= 4 is 10.3 Å². The third-order valence-electron chi connectivity index (χ3n) is 0.201. The van der Waals surface area contributed by atoms with Crippen LogP contribution in [0.4, 0.5) is 0 Å². The third-order valence-corrected chi connectivity index (χ3v) is 0.513. The van der Waals surface area contributed by atoms with Crippen molar-refractivity contribution in [3.05, 3.63) is 10.4 Å². The predicted octanol–water partition coefficient (Wildman–Crippen LogP) is -0.396. The Labute approximate surface area is 44.8 Å². The van der Waals surface area contributed by atoms with E-state index in [4.69, 9.17) is 10.1 Å². The summed E-state index contributed by atoms with van der Waals surface area (Å²) < 4.78 is 26.9. The van der Waals surface area contributed by atoms with Gasteiger partial charge in [0.2, 0.25) is 0 Å². The summed E-state index contributed by atoms with van der Waals surface area (Å²) in [6.07, 6.45) is 0. The molecule has 8 heteroatoms. The molecule has 0 saturated carbocycles. The summed E-state index contributed by atoms with van der Waals surface area (Å²) in [7, 11) is -4.36. The molecule has 0 atom stereocenters. The molecule has 0 aromatic heterocycles. The molecule has 0 bridgehead atoms. The summed E-state index contributed by atoms with van der Waals surface area (Å²) in [6, 6.07) is 0. The smallest absolute Gasteiger partial charge is 0.252 e. The van der Waals surface area contributed by atoms with E-state index in [9.17, 15) is 8.42 Å². The van der Waals surface area contributed by atoms with Crippen molar-refractivity contribution in [2.45, 2.75) is 0 Å². The van der Waals surface area contributed by atoms with Crippen LogP contribution in [0.2, 0.25) is 0 Å². The standard InChI is InChI=1S/H2N4O3S/c1-2-3-4-8(5,6)7/h4H,(H,5,6,7).